The third kappa shape index (κ3) is 8.25. The SMILES string of the molecule is CCCCc1[nH]c2c(N)nc3ccccc3c2[n+]1CCCN(CCCN1CCOCC1)Cc1cccc(OCC(=O)OC)c1. The van der Waals surface area contributed by atoms with Gasteiger partial charge in [-0.05, 0) is 62.2 Å². The molecule has 0 radical (unpaired) electrons. The van der Waals surface area contributed by atoms with Gasteiger partial charge in [0.25, 0.3) is 5.82 Å². The van der Waals surface area contributed by atoms with E-state index < -0.39 is 5.97 Å². The quantitative estimate of drug-likeness (QED) is 0.146. The van der Waals surface area contributed by atoms with Crippen molar-refractivity contribution in [3.8, 4) is 5.75 Å². The van der Waals surface area contributed by atoms with E-state index in [1.54, 1.807) is 0 Å². The Morgan fingerprint density at radius 3 is 2.75 bits per heavy atom. The lowest BCUT2D eigenvalue weighted by Crippen LogP contribution is -2.40. The summed E-state index contributed by atoms with van der Waals surface area (Å²) in [7, 11) is 1.37. The van der Waals surface area contributed by atoms with Crippen LogP contribution in [0.5, 0.6) is 5.75 Å². The fourth-order valence-corrected chi connectivity index (χ4v) is 6.01. The maximum Gasteiger partial charge on any atom is 0.343 e. The van der Waals surface area contributed by atoms with Gasteiger partial charge in [-0.1, -0.05) is 37.6 Å². The number of fused-ring (bicyclic) bond motifs is 3. The third-order valence-electron chi connectivity index (χ3n) is 8.32. The predicted molar refractivity (Wildman–Crippen MR) is 173 cm³/mol. The number of pyridine rings is 1. The smallest absolute Gasteiger partial charge is 0.343 e. The minimum atomic E-state index is -0.390. The number of nitrogens with two attached hydrogens (primary N) is 1. The van der Waals surface area contributed by atoms with Crippen molar-refractivity contribution in [2.24, 2.45) is 0 Å². The lowest BCUT2D eigenvalue weighted by Gasteiger charge is -2.28. The summed E-state index contributed by atoms with van der Waals surface area (Å²) < 4.78 is 18.4. The van der Waals surface area contributed by atoms with Crippen LogP contribution in [0.15, 0.2) is 48.5 Å². The van der Waals surface area contributed by atoms with Crippen LogP contribution in [0.2, 0.25) is 0 Å². The molecule has 0 saturated carbocycles. The molecular weight excluding hydrogens is 556 g/mol. The highest BCUT2D eigenvalue weighted by Gasteiger charge is 2.24. The fraction of sp³-hybridized carbons (Fsp3) is 0.500. The van der Waals surface area contributed by atoms with Crippen LogP contribution in [0.1, 0.15) is 44.0 Å². The molecule has 1 aliphatic rings. The minimum Gasteiger partial charge on any atom is -0.482 e. The van der Waals surface area contributed by atoms with E-state index in [0.717, 1.165) is 119 Å². The normalized spacial score (nSPS) is 14.1. The van der Waals surface area contributed by atoms with Crippen LogP contribution in [-0.2, 0) is 33.8 Å². The molecule has 1 aliphatic heterocycles. The van der Waals surface area contributed by atoms with E-state index in [0.29, 0.717) is 11.6 Å². The van der Waals surface area contributed by atoms with Crippen molar-refractivity contribution in [1.29, 1.82) is 0 Å². The van der Waals surface area contributed by atoms with Crippen molar-refractivity contribution in [3.63, 3.8) is 0 Å². The van der Waals surface area contributed by atoms with Gasteiger partial charge in [-0.25, -0.2) is 19.3 Å². The number of aromatic nitrogens is 3. The summed E-state index contributed by atoms with van der Waals surface area (Å²) in [4.78, 5) is 24.9. The number of aromatic amines is 1. The van der Waals surface area contributed by atoms with Crippen LogP contribution in [0.25, 0.3) is 21.9 Å². The Hall–Kier alpha value is -3.73. The second-order valence-electron chi connectivity index (χ2n) is 11.5. The highest BCUT2D eigenvalue weighted by molar-refractivity contribution is 6.04. The molecule has 1 fully saturated rings. The lowest BCUT2D eigenvalue weighted by molar-refractivity contribution is -0.678. The van der Waals surface area contributed by atoms with E-state index in [1.165, 1.54) is 12.9 Å². The van der Waals surface area contributed by atoms with Gasteiger partial charge in [0.1, 0.15) is 5.75 Å². The molecule has 0 unspecified atom stereocenters. The van der Waals surface area contributed by atoms with Crippen LogP contribution < -0.4 is 15.0 Å². The number of hydrogen-bond donors (Lipinski definition) is 2. The summed E-state index contributed by atoms with van der Waals surface area (Å²) in [6.07, 6.45) is 5.29. The lowest BCUT2D eigenvalue weighted by atomic mass is 10.1. The van der Waals surface area contributed by atoms with Crippen LogP contribution in [0.4, 0.5) is 5.82 Å². The fourth-order valence-electron chi connectivity index (χ4n) is 6.01. The number of anilines is 1. The number of rotatable bonds is 16. The van der Waals surface area contributed by atoms with Gasteiger partial charge in [-0.15, -0.1) is 0 Å². The number of morpholine rings is 1. The Morgan fingerprint density at radius 1 is 1.11 bits per heavy atom. The average Bonchev–Trinajstić information content (AvgIpc) is 3.42. The zero-order valence-electron chi connectivity index (χ0n) is 26.2. The Balaban J connectivity index is 1.32. The first-order valence-electron chi connectivity index (χ1n) is 15.9. The largest absolute Gasteiger partial charge is 0.482 e. The van der Waals surface area contributed by atoms with Crippen LogP contribution in [0, 0.1) is 0 Å². The number of para-hydroxylation sites is 1. The van der Waals surface area contributed by atoms with Gasteiger partial charge in [-0.3, -0.25) is 9.80 Å². The number of imidazole rings is 1. The summed E-state index contributed by atoms with van der Waals surface area (Å²) in [6, 6.07) is 16.3. The van der Waals surface area contributed by atoms with Gasteiger partial charge in [0, 0.05) is 32.6 Å². The Morgan fingerprint density at radius 2 is 1.93 bits per heavy atom. The van der Waals surface area contributed by atoms with Gasteiger partial charge in [0.05, 0.1) is 37.8 Å². The summed E-state index contributed by atoms with van der Waals surface area (Å²) in [5, 5.41) is 1.13. The van der Waals surface area contributed by atoms with Crippen LogP contribution in [-0.4, -0.2) is 85.4 Å². The molecule has 1 saturated heterocycles. The second-order valence-corrected chi connectivity index (χ2v) is 11.5. The number of methoxy groups -OCH3 is 1. The van der Waals surface area contributed by atoms with E-state index >= 15 is 0 Å². The minimum absolute atomic E-state index is 0.0971. The number of carbonyl (C=O) groups is 1. The first-order chi connectivity index (χ1) is 21.6. The number of hydrogen-bond acceptors (Lipinski definition) is 8. The Labute approximate surface area is 260 Å². The summed E-state index contributed by atoms with van der Waals surface area (Å²) in [6.45, 7) is 10.5. The van der Waals surface area contributed by atoms with Gasteiger partial charge >= 0.3 is 5.97 Å². The molecule has 0 amide bonds. The Kier molecular flexibility index (Phi) is 11.4. The first kappa shape index (κ1) is 31.7. The monoisotopic (exact) mass is 603 g/mol. The highest BCUT2D eigenvalue weighted by Crippen LogP contribution is 2.25. The average molecular weight is 604 g/mol. The molecular formula is C34H47N6O4+. The predicted octanol–water partition coefficient (Wildman–Crippen LogP) is 4.09. The number of ether oxygens (including phenoxy) is 3. The van der Waals surface area contributed by atoms with Crippen molar-refractivity contribution in [2.45, 2.75) is 52.1 Å². The number of unbranched alkanes of at least 4 members (excludes halogenated alkanes) is 1. The molecule has 4 aromatic rings. The topological polar surface area (TPSA) is 110 Å². The van der Waals surface area contributed by atoms with Gasteiger partial charge in [0.2, 0.25) is 5.52 Å². The zero-order chi connectivity index (χ0) is 30.7. The molecule has 0 spiro atoms. The van der Waals surface area contributed by atoms with Crippen molar-refractivity contribution < 1.29 is 23.6 Å². The summed E-state index contributed by atoms with van der Waals surface area (Å²) >= 11 is 0. The van der Waals surface area contributed by atoms with Gasteiger partial charge in [-0.2, -0.15) is 0 Å². The van der Waals surface area contributed by atoms with Crippen molar-refractivity contribution in [3.05, 3.63) is 59.9 Å². The molecule has 2 aromatic heterocycles. The molecule has 44 heavy (non-hydrogen) atoms. The van der Waals surface area contributed by atoms with E-state index in [4.69, 9.17) is 19.9 Å². The maximum absolute atomic E-state index is 11.6. The summed E-state index contributed by atoms with van der Waals surface area (Å²) in [5.74, 6) is 2.04. The molecule has 236 valence electrons. The van der Waals surface area contributed by atoms with Gasteiger partial charge in [0.15, 0.2) is 17.9 Å². The number of benzene rings is 2. The molecule has 0 aliphatic carbocycles. The number of H-pyrrole nitrogens is 1. The van der Waals surface area contributed by atoms with E-state index in [2.05, 4.69) is 49.5 Å². The number of aryl methyl sites for hydroxylation is 2. The second kappa shape index (κ2) is 15.8. The number of nitrogens with zero attached hydrogens (tertiary/aromatic N) is 4. The highest BCUT2D eigenvalue weighted by atomic mass is 16.6. The van der Waals surface area contributed by atoms with E-state index in [9.17, 15) is 4.79 Å². The third-order valence-corrected chi connectivity index (χ3v) is 8.32. The molecule has 10 heteroatoms. The molecule has 10 nitrogen and oxygen atoms in total. The molecule has 3 heterocycles. The number of nitrogen functional groups attached to an aromatic ring is 1. The van der Waals surface area contributed by atoms with Gasteiger partial charge < -0.3 is 19.9 Å². The van der Waals surface area contributed by atoms with Crippen LogP contribution >= 0.6 is 0 Å². The maximum atomic E-state index is 11.6. The van der Waals surface area contributed by atoms with E-state index in [1.807, 2.05) is 30.3 Å². The molecule has 0 atom stereocenters. The standard InChI is InChI=1S/C34H46N6O4/c1-3-4-14-30-37-32-33(28-12-5-6-13-29(28)36-34(32)35)40(30)18-9-17-39(16-8-15-38-19-21-43-22-20-38)24-26-10-7-11-27(23-26)44-25-31(41)42-2/h5-7,10-13,23H,3-4,8-9,14-22,24-25H2,1-2H3,(H2,35,36)/p+1. The first-order valence-corrected chi connectivity index (χ1v) is 15.9. The number of nitrogens with one attached hydrogen (secondary N) is 1. The van der Waals surface area contributed by atoms with Crippen LogP contribution in [0.3, 0.4) is 0 Å². The summed E-state index contributed by atoms with van der Waals surface area (Å²) in [5.41, 5.74) is 10.6. The molecule has 3 N–H and O–H groups in total. The van der Waals surface area contributed by atoms with Crippen molar-refractivity contribution >= 4 is 33.7 Å². The van der Waals surface area contributed by atoms with E-state index in [-0.39, 0.29) is 6.61 Å². The zero-order valence-corrected chi connectivity index (χ0v) is 26.2. The number of carbonyl (C=O) groups excluding carboxylic acids is 1. The number of esters is 1. The molecule has 5 rings (SSSR count). The molecule has 0 bridgehead atoms. The van der Waals surface area contributed by atoms with Crippen molar-refractivity contribution in [2.75, 3.05) is 65.4 Å². The molecule has 2 aromatic carbocycles. The van der Waals surface area contributed by atoms with Crippen molar-refractivity contribution in [1.82, 2.24) is 19.8 Å². The Bertz CT molecular complexity index is 1520.